The Labute approximate surface area is 114 Å². The van der Waals surface area contributed by atoms with E-state index in [4.69, 9.17) is 5.11 Å². The number of phenolic OH excluding ortho intramolecular Hbond substituents is 1. The van der Waals surface area contributed by atoms with Gasteiger partial charge in [0, 0.05) is 12.1 Å². The minimum Gasteiger partial charge on any atom is -0.508 e. The van der Waals surface area contributed by atoms with Gasteiger partial charge < -0.3 is 14.8 Å². The second kappa shape index (κ2) is 5.75. The predicted octanol–water partition coefficient (Wildman–Crippen LogP) is 1.85. The van der Waals surface area contributed by atoms with Crippen molar-refractivity contribution in [1.82, 2.24) is 14.8 Å². The molecule has 0 saturated carbocycles. The number of carboxylic acids is 1. The molecule has 0 unspecified atom stereocenters. The molecular formula is C12H13N3O3S. The number of benzene rings is 1. The number of aliphatic carboxylic acids is 1. The second-order valence-electron chi connectivity index (χ2n) is 3.78. The van der Waals surface area contributed by atoms with E-state index in [1.807, 2.05) is 17.6 Å². The smallest absolute Gasteiger partial charge is 0.313 e. The second-order valence-corrected chi connectivity index (χ2v) is 4.73. The summed E-state index contributed by atoms with van der Waals surface area (Å²) in [5.41, 5.74) is 0.747. The summed E-state index contributed by atoms with van der Waals surface area (Å²) in [6, 6.07) is 6.73. The van der Waals surface area contributed by atoms with Gasteiger partial charge in [0.2, 0.25) is 0 Å². The van der Waals surface area contributed by atoms with Crippen LogP contribution in [0.2, 0.25) is 0 Å². The fourth-order valence-electron chi connectivity index (χ4n) is 1.67. The van der Waals surface area contributed by atoms with Crippen molar-refractivity contribution in [1.29, 1.82) is 0 Å². The molecule has 6 nitrogen and oxygen atoms in total. The van der Waals surface area contributed by atoms with Crippen LogP contribution < -0.4 is 0 Å². The topological polar surface area (TPSA) is 88.2 Å². The molecular weight excluding hydrogens is 266 g/mol. The molecule has 0 bridgehead atoms. The van der Waals surface area contributed by atoms with Crippen molar-refractivity contribution in [2.75, 3.05) is 5.75 Å². The molecule has 0 amide bonds. The van der Waals surface area contributed by atoms with Gasteiger partial charge in [0.15, 0.2) is 11.0 Å². The normalized spacial score (nSPS) is 10.6. The minimum atomic E-state index is -0.894. The van der Waals surface area contributed by atoms with Crippen LogP contribution in [0.3, 0.4) is 0 Å². The minimum absolute atomic E-state index is 0.0574. The zero-order valence-corrected chi connectivity index (χ0v) is 11.1. The highest BCUT2D eigenvalue weighted by molar-refractivity contribution is 7.99. The molecule has 1 aromatic heterocycles. The third-order valence-corrected chi connectivity index (χ3v) is 3.41. The summed E-state index contributed by atoms with van der Waals surface area (Å²) in [4.78, 5) is 10.6. The van der Waals surface area contributed by atoms with Gasteiger partial charge in [0.05, 0.1) is 5.75 Å². The average molecular weight is 279 g/mol. The quantitative estimate of drug-likeness (QED) is 0.812. The molecule has 0 fully saturated rings. The number of rotatable bonds is 5. The maximum Gasteiger partial charge on any atom is 0.313 e. The molecule has 2 N–H and O–H groups in total. The van der Waals surface area contributed by atoms with E-state index in [1.54, 1.807) is 18.2 Å². The Hall–Kier alpha value is -2.02. The summed E-state index contributed by atoms with van der Waals surface area (Å²) in [6.45, 7) is 2.56. The van der Waals surface area contributed by atoms with E-state index >= 15 is 0 Å². The molecule has 7 heteroatoms. The highest BCUT2D eigenvalue weighted by Crippen LogP contribution is 2.25. The zero-order chi connectivity index (χ0) is 13.8. The molecule has 0 atom stereocenters. The Balaban J connectivity index is 2.34. The van der Waals surface area contributed by atoms with Crippen LogP contribution in [-0.2, 0) is 11.3 Å². The molecule has 2 aromatic rings. The Morgan fingerprint density at radius 1 is 1.42 bits per heavy atom. The lowest BCUT2D eigenvalue weighted by Gasteiger charge is -2.06. The molecule has 0 aliphatic rings. The fourth-order valence-corrected chi connectivity index (χ4v) is 2.39. The molecule has 0 saturated heterocycles. The van der Waals surface area contributed by atoms with Crippen molar-refractivity contribution in [2.45, 2.75) is 18.6 Å². The van der Waals surface area contributed by atoms with Crippen molar-refractivity contribution in [3.05, 3.63) is 24.3 Å². The Morgan fingerprint density at radius 2 is 2.21 bits per heavy atom. The van der Waals surface area contributed by atoms with Gasteiger partial charge in [-0.05, 0) is 19.1 Å². The van der Waals surface area contributed by atoms with Crippen molar-refractivity contribution in [3.63, 3.8) is 0 Å². The number of hydrogen-bond donors (Lipinski definition) is 2. The number of phenols is 1. The first-order valence-electron chi connectivity index (χ1n) is 5.69. The number of aromatic hydroxyl groups is 1. The van der Waals surface area contributed by atoms with Crippen LogP contribution in [0.15, 0.2) is 29.4 Å². The first kappa shape index (κ1) is 13.4. The van der Waals surface area contributed by atoms with Gasteiger partial charge in [-0.3, -0.25) is 4.79 Å². The van der Waals surface area contributed by atoms with Crippen LogP contribution in [0.25, 0.3) is 11.4 Å². The molecule has 1 heterocycles. The Bertz CT molecular complexity index is 598. The monoisotopic (exact) mass is 279 g/mol. The summed E-state index contributed by atoms with van der Waals surface area (Å²) in [6.07, 6.45) is 0. The first-order valence-corrected chi connectivity index (χ1v) is 6.67. The van der Waals surface area contributed by atoms with Crippen molar-refractivity contribution in [3.8, 4) is 17.1 Å². The molecule has 0 aliphatic heterocycles. The van der Waals surface area contributed by atoms with Crippen molar-refractivity contribution < 1.29 is 15.0 Å². The molecule has 0 aliphatic carbocycles. The van der Waals surface area contributed by atoms with Crippen molar-refractivity contribution in [2.24, 2.45) is 0 Å². The number of aromatic nitrogens is 3. The summed E-state index contributed by atoms with van der Waals surface area (Å²) in [5, 5.41) is 26.8. The number of carboxylic acid groups (broad SMARTS) is 1. The Morgan fingerprint density at radius 3 is 2.84 bits per heavy atom. The maximum atomic E-state index is 10.6. The molecule has 19 heavy (non-hydrogen) atoms. The van der Waals surface area contributed by atoms with Gasteiger partial charge in [-0.2, -0.15) is 0 Å². The van der Waals surface area contributed by atoms with Crippen LogP contribution >= 0.6 is 11.8 Å². The number of hydrogen-bond acceptors (Lipinski definition) is 5. The summed E-state index contributed by atoms with van der Waals surface area (Å²) >= 11 is 1.13. The van der Waals surface area contributed by atoms with Crippen LogP contribution in [0.4, 0.5) is 0 Å². The van der Waals surface area contributed by atoms with Gasteiger partial charge in [-0.1, -0.05) is 23.9 Å². The highest BCUT2D eigenvalue weighted by atomic mass is 32.2. The molecule has 0 spiro atoms. The third-order valence-electron chi connectivity index (χ3n) is 2.46. The molecule has 1 aromatic carbocycles. The third kappa shape index (κ3) is 3.05. The van der Waals surface area contributed by atoms with Gasteiger partial charge in [-0.15, -0.1) is 10.2 Å². The lowest BCUT2D eigenvalue weighted by molar-refractivity contribution is -0.133. The number of nitrogens with zero attached hydrogens (tertiary/aromatic N) is 3. The lowest BCUT2D eigenvalue weighted by Crippen LogP contribution is -2.03. The number of carbonyl (C=O) groups is 1. The van der Waals surface area contributed by atoms with Gasteiger partial charge in [0.25, 0.3) is 0 Å². The van der Waals surface area contributed by atoms with Gasteiger partial charge >= 0.3 is 5.97 Å². The largest absolute Gasteiger partial charge is 0.508 e. The van der Waals surface area contributed by atoms with Crippen molar-refractivity contribution >= 4 is 17.7 Å². The summed E-state index contributed by atoms with van der Waals surface area (Å²) in [7, 11) is 0. The van der Waals surface area contributed by atoms with E-state index in [1.165, 1.54) is 0 Å². The zero-order valence-electron chi connectivity index (χ0n) is 10.3. The Kier molecular flexibility index (Phi) is 4.06. The van der Waals surface area contributed by atoms with E-state index in [-0.39, 0.29) is 11.5 Å². The van der Waals surface area contributed by atoms with Crippen LogP contribution in [0.1, 0.15) is 6.92 Å². The van der Waals surface area contributed by atoms with E-state index in [0.717, 1.165) is 17.3 Å². The maximum absolute atomic E-state index is 10.6. The van der Waals surface area contributed by atoms with E-state index < -0.39 is 5.97 Å². The average Bonchev–Trinajstić information content (AvgIpc) is 2.79. The molecule has 2 rings (SSSR count). The van der Waals surface area contributed by atoms with Crippen LogP contribution in [0, 0.1) is 0 Å². The molecule has 0 radical (unpaired) electrons. The lowest BCUT2D eigenvalue weighted by atomic mass is 10.2. The molecule has 100 valence electrons. The van der Waals surface area contributed by atoms with Gasteiger partial charge in [-0.25, -0.2) is 0 Å². The highest BCUT2D eigenvalue weighted by Gasteiger charge is 2.14. The van der Waals surface area contributed by atoms with Crippen LogP contribution in [-0.4, -0.2) is 36.7 Å². The first-order chi connectivity index (χ1) is 9.11. The van der Waals surface area contributed by atoms with Crippen LogP contribution in [0.5, 0.6) is 5.75 Å². The van der Waals surface area contributed by atoms with Gasteiger partial charge in [0.1, 0.15) is 5.75 Å². The van der Waals surface area contributed by atoms with E-state index in [2.05, 4.69) is 10.2 Å². The van der Waals surface area contributed by atoms with E-state index in [0.29, 0.717) is 17.5 Å². The fraction of sp³-hybridized carbons (Fsp3) is 0.250. The standard InChI is InChI=1S/C12H13N3O3S/c1-2-15-11(8-4-3-5-9(16)6-8)13-14-12(15)19-7-10(17)18/h3-6,16H,2,7H2,1H3,(H,17,18). The predicted molar refractivity (Wildman–Crippen MR) is 71.2 cm³/mol. The summed E-state index contributed by atoms with van der Waals surface area (Å²) in [5.74, 6) is -0.179. The SMILES string of the molecule is CCn1c(SCC(=O)O)nnc1-c1cccc(O)c1. The number of thioether (sulfide) groups is 1. The van der Waals surface area contributed by atoms with E-state index in [9.17, 15) is 9.90 Å². The summed E-state index contributed by atoms with van der Waals surface area (Å²) < 4.78 is 1.82.